The van der Waals surface area contributed by atoms with Crippen molar-refractivity contribution >= 4 is 11.8 Å². The molecule has 0 radical (unpaired) electrons. The molecule has 2 rings (SSSR count). The zero-order chi connectivity index (χ0) is 16.8. The molecule has 23 heavy (non-hydrogen) atoms. The van der Waals surface area contributed by atoms with Crippen molar-refractivity contribution in [2.45, 2.75) is 63.1 Å². The lowest BCUT2D eigenvalue weighted by molar-refractivity contribution is -0.140. The van der Waals surface area contributed by atoms with E-state index in [9.17, 15) is 14.7 Å². The molecule has 0 aromatic rings. The van der Waals surface area contributed by atoms with Crippen LogP contribution in [0.4, 0.5) is 0 Å². The Balaban J connectivity index is 1.95. The zero-order valence-corrected chi connectivity index (χ0v) is 13.5. The van der Waals surface area contributed by atoms with Crippen LogP contribution in [0.1, 0.15) is 44.9 Å². The van der Waals surface area contributed by atoms with Crippen LogP contribution in [0.25, 0.3) is 0 Å². The molecule has 4 unspecified atom stereocenters. The topological polar surface area (TPSA) is 130 Å². The number of carboxylic acids is 1. The van der Waals surface area contributed by atoms with Crippen molar-refractivity contribution in [1.82, 2.24) is 10.6 Å². The predicted molar refractivity (Wildman–Crippen MR) is 87.4 cm³/mol. The molecule has 0 aromatic heterocycles. The number of nitrogens with one attached hydrogen (secondary N) is 2. The molecule has 0 spiro atoms. The van der Waals surface area contributed by atoms with E-state index in [-0.39, 0.29) is 23.8 Å². The van der Waals surface area contributed by atoms with Gasteiger partial charge >= 0.3 is 5.97 Å². The Morgan fingerprint density at radius 3 is 2.83 bits per heavy atom. The summed E-state index contributed by atoms with van der Waals surface area (Å²) in [5.74, 6) is -0.796. The first-order valence-corrected chi connectivity index (χ1v) is 8.42. The van der Waals surface area contributed by atoms with Crippen LogP contribution in [0.3, 0.4) is 0 Å². The van der Waals surface area contributed by atoms with Crippen LogP contribution < -0.4 is 22.1 Å². The standard InChI is InChI=1S/C16H28N4O3/c17-10-4-5-11(18)9-19-6-2-1-3-13(16(22)23)20-14-8-12(14)15(21)7-10/h9-10,12-14,19-20H,1-8,17-18H2,(H,22,23)/b11-9-. The SMILES string of the molecule is N/C1=C\NCCCCC(C(=O)O)NC2CC2C(=O)CC(N)CC1. The number of Topliss-reactive ketones (excluding diaryl/α,β-unsaturated/α-hetero) is 1. The minimum absolute atomic E-state index is 0.00760. The number of carbonyl (C=O) groups is 2. The summed E-state index contributed by atoms with van der Waals surface area (Å²) in [7, 11) is 0. The second-order valence-electron chi connectivity index (χ2n) is 6.64. The van der Waals surface area contributed by atoms with Crippen molar-refractivity contribution < 1.29 is 14.7 Å². The van der Waals surface area contributed by atoms with Crippen LogP contribution in [0.5, 0.6) is 0 Å². The number of allylic oxidation sites excluding steroid dienone is 1. The molecule has 1 saturated carbocycles. The van der Waals surface area contributed by atoms with Crippen molar-refractivity contribution in [3.8, 4) is 0 Å². The van der Waals surface area contributed by atoms with Gasteiger partial charge in [0.05, 0.1) is 0 Å². The molecule has 1 aliphatic carbocycles. The third-order valence-electron chi connectivity index (χ3n) is 4.54. The maximum atomic E-state index is 12.2. The molecule has 7 heteroatoms. The smallest absolute Gasteiger partial charge is 0.320 e. The second kappa shape index (κ2) is 8.31. The average Bonchev–Trinajstić information content (AvgIpc) is 3.25. The van der Waals surface area contributed by atoms with Gasteiger partial charge < -0.3 is 27.2 Å². The van der Waals surface area contributed by atoms with Gasteiger partial charge in [-0.15, -0.1) is 0 Å². The summed E-state index contributed by atoms with van der Waals surface area (Å²) in [6.07, 6.45) is 6.44. The molecule has 4 atom stereocenters. The molecule has 0 aromatic carbocycles. The van der Waals surface area contributed by atoms with Gasteiger partial charge in [-0.3, -0.25) is 9.59 Å². The normalized spacial score (nSPS) is 36.2. The van der Waals surface area contributed by atoms with Gasteiger partial charge in [-0.05, 0) is 38.5 Å². The maximum absolute atomic E-state index is 12.2. The molecule has 130 valence electrons. The Bertz CT molecular complexity index is 466. The number of ketones is 1. The van der Waals surface area contributed by atoms with E-state index >= 15 is 0 Å². The number of carbonyl (C=O) groups excluding carboxylic acids is 1. The van der Waals surface area contributed by atoms with Crippen molar-refractivity contribution in [2.24, 2.45) is 17.4 Å². The van der Waals surface area contributed by atoms with Crippen LogP contribution in [-0.2, 0) is 9.59 Å². The number of carboxylic acid groups (broad SMARTS) is 1. The van der Waals surface area contributed by atoms with E-state index in [4.69, 9.17) is 11.5 Å². The van der Waals surface area contributed by atoms with Crippen LogP contribution in [0.15, 0.2) is 11.9 Å². The van der Waals surface area contributed by atoms with Crippen molar-refractivity contribution in [2.75, 3.05) is 6.54 Å². The van der Waals surface area contributed by atoms with Crippen molar-refractivity contribution in [1.29, 1.82) is 0 Å². The van der Waals surface area contributed by atoms with E-state index in [0.29, 0.717) is 25.7 Å². The predicted octanol–water partition coefficient (Wildman–Crippen LogP) is 0.0580. The molecule has 1 fully saturated rings. The van der Waals surface area contributed by atoms with Crippen LogP contribution in [0.2, 0.25) is 0 Å². The molecular formula is C16H28N4O3. The summed E-state index contributed by atoms with van der Waals surface area (Å²) >= 11 is 0. The zero-order valence-electron chi connectivity index (χ0n) is 13.5. The first-order chi connectivity index (χ1) is 11.0. The van der Waals surface area contributed by atoms with Gasteiger partial charge in [0.1, 0.15) is 11.8 Å². The highest BCUT2D eigenvalue weighted by Crippen LogP contribution is 2.33. The summed E-state index contributed by atoms with van der Waals surface area (Å²) < 4.78 is 0. The van der Waals surface area contributed by atoms with Gasteiger partial charge in [0, 0.05) is 42.9 Å². The van der Waals surface area contributed by atoms with Gasteiger partial charge in [0.25, 0.3) is 0 Å². The molecule has 1 heterocycles. The Morgan fingerprint density at radius 1 is 1.30 bits per heavy atom. The van der Waals surface area contributed by atoms with Crippen molar-refractivity contribution in [3.05, 3.63) is 11.9 Å². The summed E-state index contributed by atoms with van der Waals surface area (Å²) in [6, 6.07) is -0.786. The quantitative estimate of drug-likeness (QED) is 0.461. The Kier molecular flexibility index (Phi) is 6.41. The molecule has 0 saturated heterocycles. The van der Waals surface area contributed by atoms with E-state index < -0.39 is 12.0 Å². The third-order valence-corrected chi connectivity index (χ3v) is 4.54. The average molecular weight is 324 g/mol. The summed E-state index contributed by atoms with van der Waals surface area (Å²) in [6.45, 7) is 0.767. The first kappa shape index (κ1) is 17.7. The number of hydrogen-bond donors (Lipinski definition) is 5. The van der Waals surface area contributed by atoms with Gasteiger partial charge in [-0.25, -0.2) is 0 Å². The second-order valence-corrected chi connectivity index (χ2v) is 6.64. The number of aliphatic carboxylic acids is 1. The Labute approximate surface area is 136 Å². The fourth-order valence-electron chi connectivity index (χ4n) is 2.99. The molecule has 1 aliphatic heterocycles. The van der Waals surface area contributed by atoms with Crippen LogP contribution in [0, 0.1) is 5.92 Å². The number of hydrogen-bond acceptors (Lipinski definition) is 6. The van der Waals surface area contributed by atoms with Crippen molar-refractivity contribution in [3.63, 3.8) is 0 Å². The molecular weight excluding hydrogens is 296 g/mol. The minimum atomic E-state index is -0.849. The molecule has 7 N–H and O–H groups in total. The summed E-state index contributed by atoms with van der Waals surface area (Å²) in [4.78, 5) is 23.5. The van der Waals surface area contributed by atoms with E-state index in [1.54, 1.807) is 6.20 Å². The lowest BCUT2D eigenvalue weighted by atomic mass is 10.0. The van der Waals surface area contributed by atoms with E-state index in [1.165, 1.54) is 0 Å². The van der Waals surface area contributed by atoms with Gasteiger partial charge in [0.15, 0.2) is 0 Å². The number of rotatable bonds is 1. The molecule has 0 amide bonds. The largest absolute Gasteiger partial charge is 0.480 e. The monoisotopic (exact) mass is 324 g/mol. The third kappa shape index (κ3) is 5.84. The van der Waals surface area contributed by atoms with E-state index in [2.05, 4.69) is 10.6 Å². The van der Waals surface area contributed by atoms with Gasteiger partial charge in [-0.2, -0.15) is 0 Å². The Hall–Kier alpha value is -1.60. The molecule has 0 bridgehead atoms. The van der Waals surface area contributed by atoms with Gasteiger partial charge in [0.2, 0.25) is 0 Å². The van der Waals surface area contributed by atoms with E-state index in [0.717, 1.165) is 31.5 Å². The fourth-order valence-corrected chi connectivity index (χ4v) is 2.99. The highest BCUT2D eigenvalue weighted by Gasteiger charge is 2.44. The molecule has 7 nitrogen and oxygen atoms in total. The van der Waals surface area contributed by atoms with E-state index in [1.807, 2.05) is 0 Å². The number of nitrogens with two attached hydrogens (primary N) is 2. The minimum Gasteiger partial charge on any atom is -0.480 e. The van der Waals surface area contributed by atoms with Crippen LogP contribution in [-0.4, -0.2) is 41.5 Å². The maximum Gasteiger partial charge on any atom is 0.320 e. The van der Waals surface area contributed by atoms with Gasteiger partial charge in [-0.1, -0.05) is 0 Å². The number of fused-ring (bicyclic) bond motifs is 1. The molecule has 2 aliphatic rings. The summed E-state index contributed by atoms with van der Waals surface area (Å²) in [5.41, 5.74) is 12.6. The fraction of sp³-hybridized carbons (Fsp3) is 0.750. The van der Waals surface area contributed by atoms with Crippen LogP contribution >= 0.6 is 0 Å². The highest BCUT2D eigenvalue weighted by molar-refractivity contribution is 5.85. The Morgan fingerprint density at radius 2 is 2.09 bits per heavy atom. The lowest BCUT2D eigenvalue weighted by Gasteiger charge is -2.15. The highest BCUT2D eigenvalue weighted by atomic mass is 16.4. The summed E-state index contributed by atoms with van der Waals surface area (Å²) in [5, 5.41) is 15.5. The lowest BCUT2D eigenvalue weighted by Crippen LogP contribution is -2.39. The first-order valence-electron chi connectivity index (χ1n) is 8.42.